The zero-order valence-electron chi connectivity index (χ0n) is 19.2. The van der Waals surface area contributed by atoms with Crippen LogP contribution >= 0.6 is 11.3 Å². The predicted molar refractivity (Wildman–Crippen MR) is 138 cm³/mol. The fourth-order valence-electron chi connectivity index (χ4n) is 3.99. The summed E-state index contributed by atoms with van der Waals surface area (Å²) in [7, 11) is -3.95. The highest BCUT2D eigenvalue weighted by Crippen LogP contribution is 2.42. The van der Waals surface area contributed by atoms with Gasteiger partial charge in [-0.25, -0.2) is 8.42 Å². The maximum absolute atomic E-state index is 13.7. The minimum Gasteiger partial charge on any atom is -0.507 e. The molecule has 1 aromatic heterocycles. The normalized spacial score (nSPS) is 15.2. The first-order chi connectivity index (χ1) is 17.2. The molecule has 0 aliphatic carbocycles. The molecule has 2 heterocycles. The monoisotopic (exact) mass is 527 g/mol. The lowest BCUT2D eigenvalue weighted by molar-refractivity contribution is 0.0374. The first kappa shape index (κ1) is 25.6. The van der Waals surface area contributed by atoms with Crippen LogP contribution in [-0.4, -0.2) is 61.9 Å². The summed E-state index contributed by atoms with van der Waals surface area (Å²) in [5, 5.41) is 12.0. The van der Waals surface area contributed by atoms with Crippen molar-refractivity contribution in [2.45, 2.75) is 9.58 Å². The molecule has 4 rings (SSSR count). The van der Waals surface area contributed by atoms with Gasteiger partial charge in [-0.3, -0.25) is 14.5 Å². The molecule has 0 bridgehead atoms. The van der Waals surface area contributed by atoms with Crippen LogP contribution in [0, 0.1) is 0 Å². The van der Waals surface area contributed by atoms with Crippen molar-refractivity contribution < 1.29 is 27.9 Å². The number of phenolic OH excluding ortho intramolecular Hbond substituents is 1. The number of aromatic hydroxyl groups is 1. The molecule has 0 spiro atoms. The maximum Gasteiger partial charge on any atom is 0.260 e. The minimum absolute atomic E-state index is 0.0132. The van der Waals surface area contributed by atoms with E-state index in [9.17, 15) is 23.1 Å². The second-order valence-corrected chi connectivity index (χ2v) is 11.3. The van der Waals surface area contributed by atoms with E-state index in [4.69, 9.17) is 10.5 Å². The maximum atomic E-state index is 13.7. The first-order valence-electron chi connectivity index (χ1n) is 11.0. The van der Waals surface area contributed by atoms with Crippen LogP contribution in [0.5, 0.6) is 5.75 Å². The molecule has 1 saturated heterocycles. The third kappa shape index (κ3) is 5.05. The Morgan fingerprint density at radius 2 is 1.72 bits per heavy atom. The summed E-state index contributed by atoms with van der Waals surface area (Å²) in [6, 6.07) is 13.9. The van der Waals surface area contributed by atoms with Gasteiger partial charge in [-0.1, -0.05) is 36.4 Å². The van der Waals surface area contributed by atoms with Gasteiger partial charge in [-0.05, 0) is 29.8 Å². The molecule has 9 nitrogen and oxygen atoms in total. The second-order valence-electron chi connectivity index (χ2n) is 8.01. The number of nitrogens with two attached hydrogens (primary N) is 1. The Bertz CT molecular complexity index is 1410. The van der Waals surface area contributed by atoms with Crippen LogP contribution in [0.3, 0.4) is 0 Å². The number of morpholine rings is 1. The average Bonchev–Trinajstić information content (AvgIpc) is 3.29. The third-order valence-corrected chi connectivity index (χ3v) is 9.37. The number of nitrogens with one attached hydrogen (secondary N) is 1. The summed E-state index contributed by atoms with van der Waals surface area (Å²) in [4.78, 5) is 26.9. The number of ether oxygens (including phenoxy) is 1. The first-order valence-corrected chi connectivity index (χ1v) is 13.4. The van der Waals surface area contributed by atoms with Crippen LogP contribution in [0.4, 0.5) is 5.00 Å². The topological polar surface area (TPSA) is 139 Å². The summed E-state index contributed by atoms with van der Waals surface area (Å²) < 4.78 is 32.7. The lowest BCUT2D eigenvalue weighted by atomic mass is 10.0. The Hall–Kier alpha value is -3.51. The van der Waals surface area contributed by atoms with E-state index in [2.05, 4.69) is 11.9 Å². The molecule has 2 aromatic carbocycles. The zero-order valence-corrected chi connectivity index (χ0v) is 20.8. The lowest BCUT2D eigenvalue weighted by Crippen LogP contribution is -2.46. The lowest BCUT2D eigenvalue weighted by Gasteiger charge is -2.31. The van der Waals surface area contributed by atoms with E-state index in [-0.39, 0.29) is 26.1 Å². The smallest absolute Gasteiger partial charge is 0.260 e. The summed E-state index contributed by atoms with van der Waals surface area (Å²) in [5.41, 5.74) is 6.45. The van der Waals surface area contributed by atoms with Crippen molar-refractivity contribution in [2.75, 3.05) is 31.6 Å². The average molecular weight is 528 g/mol. The van der Waals surface area contributed by atoms with Crippen LogP contribution in [0.25, 0.3) is 11.1 Å². The molecule has 1 aliphatic rings. The van der Waals surface area contributed by atoms with Crippen molar-refractivity contribution in [1.29, 1.82) is 0 Å². The molecule has 1 atom stereocenters. The number of hydrogen-bond acceptors (Lipinski definition) is 8. The van der Waals surface area contributed by atoms with Gasteiger partial charge in [0, 0.05) is 24.2 Å². The van der Waals surface area contributed by atoms with E-state index >= 15 is 0 Å². The molecule has 3 aromatic rings. The Balaban J connectivity index is 1.82. The number of primary amides is 1. The van der Waals surface area contributed by atoms with Crippen molar-refractivity contribution in [2.24, 2.45) is 5.73 Å². The number of phenols is 1. The Morgan fingerprint density at radius 3 is 2.36 bits per heavy atom. The van der Waals surface area contributed by atoms with Crippen molar-refractivity contribution in [3.63, 3.8) is 0 Å². The molecule has 2 amide bonds. The summed E-state index contributed by atoms with van der Waals surface area (Å²) in [5.74, 6) is -1.56. The molecule has 11 heteroatoms. The number of anilines is 1. The molecule has 1 aliphatic heterocycles. The van der Waals surface area contributed by atoms with Crippen LogP contribution in [0.1, 0.15) is 20.7 Å². The minimum atomic E-state index is -3.95. The van der Waals surface area contributed by atoms with Crippen LogP contribution in [0.15, 0.2) is 71.5 Å². The number of nitrogens with zero attached hydrogens (tertiary/aromatic N) is 1. The highest BCUT2D eigenvalue weighted by molar-refractivity contribution is 7.94. The molecule has 36 heavy (non-hydrogen) atoms. The fraction of sp³-hybridized carbons (Fsp3) is 0.200. The van der Waals surface area contributed by atoms with E-state index in [1.54, 1.807) is 35.2 Å². The van der Waals surface area contributed by atoms with Gasteiger partial charge in [0.15, 0.2) is 0 Å². The summed E-state index contributed by atoms with van der Waals surface area (Å²) >= 11 is 0.859. The van der Waals surface area contributed by atoms with Crippen molar-refractivity contribution in [3.8, 4) is 16.9 Å². The van der Waals surface area contributed by atoms with Gasteiger partial charge in [0.05, 0.1) is 18.8 Å². The van der Waals surface area contributed by atoms with Gasteiger partial charge in [0.2, 0.25) is 15.7 Å². The molecule has 0 saturated carbocycles. The van der Waals surface area contributed by atoms with Crippen molar-refractivity contribution >= 4 is 38.0 Å². The van der Waals surface area contributed by atoms with Gasteiger partial charge in [-0.15, -0.1) is 17.9 Å². The van der Waals surface area contributed by atoms with Gasteiger partial charge in [0.1, 0.15) is 20.3 Å². The highest BCUT2D eigenvalue weighted by atomic mass is 32.2. The molecule has 1 unspecified atom stereocenters. The number of para-hydroxylation sites is 1. The van der Waals surface area contributed by atoms with Crippen LogP contribution in [0.2, 0.25) is 0 Å². The largest absolute Gasteiger partial charge is 0.507 e. The molecule has 1 fully saturated rings. The SMILES string of the molecule is C=CC(N1CCOCC1)S(=O)(=O)c1cc(-c2ccccc2C(N)=O)c(NC(=O)c2ccccc2O)s1. The molecule has 4 N–H and O–H groups in total. The quantitative estimate of drug-likeness (QED) is 0.383. The summed E-state index contributed by atoms with van der Waals surface area (Å²) in [6.07, 6.45) is 1.37. The van der Waals surface area contributed by atoms with E-state index in [1.165, 1.54) is 30.3 Å². The second kappa shape index (κ2) is 10.6. The van der Waals surface area contributed by atoms with Crippen LogP contribution in [-0.2, 0) is 14.6 Å². The van der Waals surface area contributed by atoms with E-state index in [0.717, 1.165) is 11.3 Å². The molecule has 188 valence electrons. The van der Waals surface area contributed by atoms with Crippen LogP contribution < -0.4 is 11.1 Å². The highest BCUT2D eigenvalue weighted by Gasteiger charge is 2.34. The van der Waals surface area contributed by atoms with Gasteiger partial charge < -0.3 is 20.9 Å². The number of hydrogen-bond donors (Lipinski definition) is 3. The number of thiophene rings is 1. The predicted octanol–water partition coefficient (Wildman–Crippen LogP) is 3.09. The van der Waals surface area contributed by atoms with E-state index in [0.29, 0.717) is 37.4 Å². The molecular formula is C25H25N3O6S2. The number of amides is 2. The van der Waals surface area contributed by atoms with E-state index in [1.807, 2.05) is 0 Å². The molecule has 0 radical (unpaired) electrons. The number of carbonyl (C=O) groups is 2. The van der Waals surface area contributed by atoms with Gasteiger partial charge in [-0.2, -0.15) is 0 Å². The number of benzene rings is 2. The molecular weight excluding hydrogens is 502 g/mol. The van der Waals surface area contributed by atoms with Gasteiger partial charge in [0.25, 0.3) is 5.91 Å². The Kier molecular flexibility index (Phi) is 7.55. The van der Waals surface area contributed by atoms with Crippen molar-refractivity contribution in [3.05, 3.63) is 78.4 Å². The Labute approximate surface area is 212 Å². The third-order valence-electron chi connectivity index (χ3n) is 5.77. The number of sulfone groups is 1. The standard InChI is InChI=1S/C25H25N3O6S2/c1-2-21(28-11-13-34-14-12-28)36(32,33)22-15-19(16-7-3-4-8-17(16)23(26)30)25(35-22)27-24(31)18-9-5-6-10-20(18)29/h2-10,15,21,29H,1,11-14H2,(H2,26,30)(H,27,31). The number of rotatable bonds is 8. The van der Waals surface area contributed by atoms with Crippen molar-refractivity contribution in [1.82, 2.24) is 4.90 Å². The number of carbonyl (C=O) groups excluding carboxylic acids is 2. The van der Waals surface area contributed by atoms with E-state index < -0.39 is 27.0 Å². The Morgan fingerprint density at radius 1 is 1.08 bits per heavy atom. The van der Waals surface area contributed by atoms with Gasteiger partial charge >= 0.3 is 0 Å². The zero-order chi connectivity index (χ0) is 25.9. The fourth-order valence-corrected chi connectivity index (χ4v) is 7.18. The summed E-state index contributed by atoms with van der Waals surface area (Å²) in [6.45, 7) is 5.40.